The number of alkyl halides is 2. The van der Waals surface area contributed by atoms with E-state index in [2.05, 4.69) is 0 Å². The summed E-state index contributed by atoms with van der Waals surface area (Å²) in [4.78, 5) is 11.1. The number of ether oxygens (including phenoxy) is 1. The molecule has 2 rings (SSSR count). The van der Waals surface area contributed by atoms with Crippen LogP contribution in [0.1, 0.15) is 29.3 Å². The van der Waals surface area contributed by atoms with E-state index in [0.29, 0.717) is 23.3 Å². The summed E-state index contributed by atoms with van der Waals surface area (Å²) in [5.74, 6) is -2.85. The van der Waals surface area contributed by atoms with Gasteiger partial charge in [0, 0.05) is 12.0 Å². The SMILES string of the molecule is CCC(=O)c1ccc(OCc2ccc(S(=O)(=O)C(F)F)cc2)cc1. The van der Waals surface area contributed by atoms with Gasteiger partial charge in [0.2, 0.25) is 9.84 Å². The Morgan fingerprint density at radius 2 is 1.62 bits per heavy atom. The summed E-state index contributed by atoms with van der Waals surface area (Å²) in [6.45, 7) is 1.93. The Hall–Kier alpha value is -2.28. The van der Waals surface area contributed by atoms with Crippen LogP contribution in [0, 0.1) is 0 Å². The number of carbonyl (C=O) groups excluding carboxylic acids is 1. The van der Waals surface area contributed by atoms with Gasteiger partial charge in [0.05, 0.1) is 4.90 Å². The van der Waals surface area contributed by atoms with Gasteiger partial charge in [0.15, 0.2) is 5.78 Å². The normalized spacial score (nSPS) is 11.5. The average Bonchev–Trinajstić information content (AvgIpc) is 2.60. The fraction of sp³-hybridized carbons (Fsp3) is 0.235. The molecule has 0 aliphatic rings. The number of carbonyl (C=O) groups is 1. The molecule has 0 saturated heterocycles. The molecule has 0 heterocycles. The molecule has 128 valence electrons. The highest BCUT2D eigenvalue weighted by Crippen LogP contribution is 2.20. The Balaban J connectivity index is 2.01. The van der Waals surface area contributed by atoms with Crippen LogP contribution >= 0.6 is 0 Å². The maximum Gasteiger partial charge on any atom is 0.341 e. The van der Waals surface area contributed by atoms with Crippen LogP contribution in [0.4, 0.5) is 8.78 Å². The van der Waals surface area contributed by atoms with Crippen molar-refractivity contribution in [2.24, 2.45) is 0 Å². The van der Waals surface area contributed by atoms with Crippen molar-refractivity contribution in [3.8, 4) is 5.75 Å². The van der Waals surface area contributed by atoms with Crippen LogP contribution in [0.5, 0.6) is 5.75 Å². The van der Waals surface area contributed by atoms with Crippen LogP contribution < -0.4 is 4.74 Å². The van der Waals surface area contributed by atoms with Gasteiger partial charge in [-0.15, -0.1) is 0 Å². The maximum atomic E-state index is 12.4. The van der Waals surface area contributed by atoms with E-state index in [9.17, 15) is 22.0 Å². The van der Waals surface area contributed by atoms with Crippen molar-refractivity contribution in [1.82, 2.24) is 0 Å². The lowest BCUT2D eigenvalue weighted by molar-refractivity contribution is 0.0988. The van der Waals surface area contributed by atoms with Gasteiger partial charge < -0.3 is 4.74 Å². The molecule has 0 aliphatic carbocycles. The fourth-order valence-electron chi connectivity index (χ4n) is 1.99. The summed E-state index contributed by atoms with van der Waals surface area (Å²) in [5, 5.41) is 0. The van der Waals surface area contributed by atoms with Crippen molar-refractivity contribution in [2.45, 2.75) is 30.6 Å². The quantitative estimate of drug-likeness (QED) is 0.709. The Morgan fingerprint density at radius 1 is 1.04 bits per heavy atom. The van der Waals surface area contributed by atoms with Crippen molar-refractivity contribution >= 4 is 15.6 Å². The van der Waals surface area contributed by atoms with Crippen LogP contribution in [0.2, 0.25) is 0 Å². The number of hydrogen-bond donors (Lipinski definition) is 0. The Kier molecular flexibility index (Phi) is 5.66. The molecule has 0 bridgehead atoms. The lowest BCUT2D eigenvalue weighted by Crippen LogP contribution is -2.11. The number of Topliss-reactive ketones (excluding diaryl/α,β-unsaturated/α-hetero) is 1. The topological polar surface area (TPSA) is 60.4 Å². The number of halogens is 2. The van der Waals surface area contributed by atoms with E-state index in [0.717, 1.165) is 12.1 Å². The lowest BCUT2D eigenvalue weighted by atomic mass is 10.1. The van der Waals surface area contributed by atoms with Gasteiger partial charge in [-0.05, 0) is 42.0 Å². The van der Waals surface area contributed by atoms with Gasteiger partial charge in [-0.3, -0.25) is 4.79 Å². The third kappa shape index (κ3) is 4.17. The molecule has 0 amide bonds. The van der Waals surface area contributed by atoms with E-state index in [1.54, 1.807) is 31.2 Å². The summed E-state index contributed by atoms with van der Waals surface area (Å²) < 4.78 is 53.1. The van der Waals surface area contributed by atoms with Crippen LogP contribution in [0.15, 0.2) is 53.4 Å². The Bertz CT molecular complexity index is 797. The molecule has 7 heteroatoms. The Labute approximate surface area is 139 Å². The zero-order valence-electron chi connectivity index (χ0n) is 12.9. The predicted octanol–water partition coefficient (Wildman–Crippen LogP) is 3.85. The minimum atomic E-state index is -4.58. The highest BCUT2D eigenvalue weighted by molar-refractivity contribution is 7.91. The monoisotopic (exact) mass is 354 g/mol. The van der Waals surface area contributed by atoms with Gasteiger partial charge in [0.25, 0.3) is 0 Å². The van der Waals surface area contributed by atoms with Crippen LogP contribution in [0.25, 0.3) is 0 Å². The fourth-order valence-corrected chi connectivity index (χ4v) is 2.71. The molecular formula is C17H16F2O4S. The van der Waals surface area contributed by atoms with E-state index in [-0.39, 0.29) is 12.4 Å². The maximum absolute atomic E-state index is 12.4. The third-order valence-corrected chi connectivity index (χ3v) is 4.79. The number of ketones is 1. The highest BCUT2D eigenvalue weighted by Gasteiger charge is 2.26. The van der Waals surface area contributed by atoms with E-state index >= 15 is 0 Å². The summed E-state index contributed by atoms with van der Waals surface area (Å²) in [6, 6.07) is 11.8. The summed E-state index contributed by atoms with van der Waals surface area (Å²) in [7, 11) is -4.58. The zero-order valence-corrected chi connectivity index (χ0v) is 13.7. The van der Waals surface area contributed by atoms with Gasteiger partial charge in [-0.1, -0.05) is 19.1 Å². The second kappa shape index (κ2) is 7.53. The molecule has 0 aliphatic heterocycles. The summed E-state index contributed by atoms with van der Waals surface area (Å²) >= 11 is 0. The largest absolute Gasteiger partial charge is 0.489 e. The average molecular weight is 354 g/mol. The third-order valence-electron chi connectivity index (χ3n) is 3.39. The second-order valence-electron chi connectivity index (χ2n) is 5.04. The van der Waals surface area contributed by atoms with E-state index in [4.69, 9.17) is 4.74 Å². The van der Waals surface area contributed by atoms with Crippen molar-refractivity contribution in [3.63, 3.8) is 0 Å². The molecule has 0 atom stereocenters. The summed E-state index contributed by atoms with van der Waals surface area (Å²) in [5.41, 5.74) is 1.24. The molecule has 2 aromatic rings. The molecule has 0 N–H and O–H groups in total. The first kappa shape index (κ1) is 18.1. The van der Waals surface area contributed by atoms with E-state index in [1.807, 2.05) is 0 Å². The minimum Gasteiger partial charge on any atom is -0.489 e. The van der Waals surface area contributed by atoms with E-state index in [1.165, 1.54) is 12.1 Å². The van der Waals surface area contributed by atoms with Gasteiger partial charge in [0.1, 0.15) is 12.4 Å². The molecule has 24 heavy (non-hydrogen) atoms. The van der Waals surface area contributed by atoms with E-state index < -0.39 is 20.5 Å². The molecule has 0 unspecified atom stereocenters. The predicted molar refractivity (Wildman–Crippen MR) is 85.0 cm³/mol. The molecule has 0 saturated carbocycles. The first-order valence-electron chi connectivity index (χ1n) is 7.21. The summed E-state index contributed by atoms with van der Waals surface area (Å²) in [6.07, 6.45) is 0.425. The second-order valence-corrected chi connectivity index (χ2v) is 6.96. The van der Waals surface area contributed by atoms with Crippen molar-refractivity contribution in [1.29, 1.82) is 0 Å². The van der Waals surface area contributed by atoms with Gasteiger partial charge in [-0.25, -0.2) is 8.42 Å². The van der Waals surface area contributed by atoms with Crippen molar-refractivity contribution in [2.75, 3.05) is 0 Å². The first-order chi connectivity index (χ1) is 11.3. The van der Waals surface area contributed by atoms with Crippen molar-refractivity contribution < 1.29 is 26.7 Å². The number of hydrogen-bond acceptors (Lipinski definition) is 4. The van der Waals surface area contributed by atoms with Gasteiger partial charge >= 0.3 is 5.76 Å². The standard InChI is InChI=1S/C17H16F2O4S/c1-2-16(20)13-5-7-14(8-6-13)23-11-12-3-9-15(10-4-12)24(21,22)17(18)19/h3-10,17H,2,11H2,1H3. The first-order valence-corrected chi connectivity index (χ1v) is 8.76. The number of sulfone groups is 1. The number of benzene rings is 2. The minimum absolute atomic E-state index is 0.0392. The van der Waals surface area contributed by atoms with Crippen LogP contribution in [-0.4, -0.2) is 20.0 Å². The molecular weight excluding hydrogens is 338 g/mol. The Morgan fingerprint density at radius 3 is 2.12 bits per heavy atom. The molecule has 0 aromatic heterocycles. The van der Waals surface area contributed by atoms with Crippen LogP contribution in [-0.2, 0) is 16.4 Å². The van der Waals surface area contributed by atoms with Gasteiger partial charge in [-0.2, -0.15) is 8.78 Å². The smallest absolute Gasteiger partial charge is 0.341 e. The lowest BCUT2D eigenvalue weighted by Gasteiger charge is -2.08. The zero-order chi connectivity index (χ0) is 17.7. The molecule has 4 nitrogen and oxygen atoms in total. The molecule has 0 spiro atoms. The molecule has 0 radical (unpaired) electrons. The molecule has 2 aromatic carbocycles. The van der Waals surface area contributed by atoms with Crippen LogP contribution in [0.3, 0.4) is 0 Å². The highest BCUT2D eigenvalue weighted by atomic mass is 32.2. The molecule has 0 fully saturated rings. The van der Waals surface area contributed by atoms with Crippen molar-refractivity contribution in [3.05, 3.63) is 59.7 Å². The number of rotatable bonds is 7.